The van der Waals surface area contributed by atoms with E-state index in [2.05, 4.69) is 20.2 Å². The quantitative estimate of drug-likeness (QED) is 0.684. The fraction of sp³-hybridized carbons (Fsp3) is 0.263. The Balaban J connectivity index is 1.49. The van der Waals surface area contributed by atoms with E-state index in [1.165, 1.54) is 0 Å². The number of H-pyrrole nitrogens is 1. The molecule has 0 saturated heterocycles. The Morgan fingerprint density at radius 2 is 1.96 bits per heavy atom. The van der Waals surface area contributed by atoms with Crippen LogP contribution in [0.3, 0.4) is 0 Å². The van der Waals surface area contributed by atoms with Gasteiger partial charge in [0.1, 0.15) is 17.3 Å². The van der Waals surface area contributed by atoms with Crippen LogP contribution in [0.15, 0.2) is 54.7 Å². The molecule has 0 radical (unpaired) electrons. The molecule has 25 heavy (non-hydrogen) atoms. The third kappa shape index (κ3) is 4.81. The first kappa shape index (κ1) is 17.0. The van der Waals surface area contributed by atoms with E-state index in [1.807, 2.05) is 55.5 Å². The molecule has 3 aromatic rings. The molecular formula is C19H20N4O2. The summed E-state index contributed by atoms with van der Waals surface area (Å²) in [6.07, 6.45) is 1.89. The second kappa shape index (κ2) is 8.30. The Kier molecular flexibility index (Phi) is 5.64. The standard InChI is InChI=1S/C19H20N4O2/c1-14(12-25-13-15-7-3-2-4-8-15)17(24)11-18-21-19(23-22-18)16-9-5-6-10-20-16/h2-10,14H,11-13H2,1H3,(H,21,22,23). The van der Waals surface area contributed by atoms with Crippen LogP contribution < -0.4 is 0 Å². The van der Waals surface area contributed by atoms with Crippen LogP contribution in [0.25, 0.3) is 11.5 Å². The van der Waals surface area contributed by atoms with E-state index in [-0.39, 0.29) is 18.1 Å². The minimum Gasteiger partial charge on any atom is -0.376 e. The predicted octanol–water partition coefficient (Wildman–Crippen LogP) is 2.83. The summed E-state index contributed by atoms with van der Waals surface area (Å²) in [4.78, 5) is 20.9. The van der Waals surface area contributed by atoms with E-state index in [1.54, 1.807) is 6.20 Å². The third-order valence-corrected chi connectivity index (χ3v) is 3.80. The summed E-state index contributed by atoms with van der Waals surface area (Å²) < 4.78 is 5.64. The number of nitrogens with one attached hydrogen (secondary N) is 1. The lowest BCUT2D eigenvalue weighted by Crippen LogP contribution is -2.19. The average molecular weight is 336 g/mol. The summed E-state index contributed by atoms with van der Waals surface area (Å²) in [5, 5.41) is 6.93. The van der Waals surface area contributed by atoms with Gasteiger partial charge in [-0.1, -0.05) is 43.3 Å². The van der Waals surface area contributed by atoms with Crippen molar-refractivity contribution in [2.24, 2.45) is 5.92 Å². The molecule has 0 saturated carbocycles. The topological polar surface area (TPSA) is 80.8 Å². The van der Waals surface area contributed by atoms with E-state index in [0.29, 0.717) is 30.6 Å². The second-order valence-corrected chi connectivity index (χ2v) is 5.87. The molecular weight excluding hydrogens is 316 g/mol. The normalized spacial score (nSPS) is 12.0. The predicted molar refractivity (Wildman–Crippen MR) is 93.6 cm³/mol. The number of benzene rings is 1. The lowest BCUT2D eigenvalue weighted by Gasteiger charge is -2.10. The lowest BCUT2D eigenvalue weighted by molar-refractivity contribution is -0.123. The molecule has 1 atom stereocenters. The Hall–Kier alpha value is -2.86. The van der Waals surface area contributed by atoms with Crippen LogP contribution in [0, 0.1) is 5.92 Å². The van der Waals surface area contributed by atoms with Crippen molar-refractivity contribution in [2.45, 2.75) is 20.0 Å². The fourth-order valence-corrected chi connectivity index (χ4v) is 2.34. The zero-order chi connectivity index (χ0) is 17.5. The molecule has 2 aromatic heterocycles. The van der Waals surface area contributed by atoms with Gasteiger partial charge in [0.25, 0.3) is 0 Å². The molecule has 1 N–H and O–H groups in total. The van der Waals surface area contributed by atoms with Gasteiger partial charge >= 0.3 is 0 Å². The smallest absolute Gasteiger partial charge is 0.199 e. The van der Waals surface area contributed by atoms with Gasteiger partial charge in [-0.05, 0) is 17.7 Å². The molecule has 0 aliphatic rings. The van der Waals surface area contributed by atoms with Crippen molar-refractivity contribution >= 4 is 5.78 Å². The molecule has 1 aromatic carbocycles. The van der Waals surface area contributed by atoms with Crippen molar-refractivity contribution in [3.8, 4) is 11.5 Å². The van der Waals surface area contributed by atoms with E-state index < -0.39 is 0 Å². The molecule has 0 aliphatic carbocycles. The highest BCUT2D eigenvalue weighted by Gasteiger charge is 2.16. The lowest BCUT2D eigenvalue weighted by atomic mass is 10.0. The van der Waals surface area contributed by atoms with E-state index in [4.69, 9.17) is 4.74 Å². The minimum absolute atomic E-state index is 0.0665. The SMILES string of the molecule is CC(COCc1ccccc1)C(=O)Cc1nc(-c2ccccn2)n[nH]1. The number of rotatable bonds is 8. The Morgan fingerprint density at radius 1 is 1.16 bits per heavy atom. The Morgan fingerprint density at radius 3 is 2.72 bits per heavy atom. The van der Waals surface area contributed by atoms with Crippen molar-refractivity contribution in [3.05, 3.63) is 66.1 Å². The fourth-order valence-electron chi connectivity index (χ4n) is 2.34. The van der Waals surface area contributed by atoms with Crippen LogP contribution in [-0.4, -0.2) is 32.6 Å². The number of nitrogens with zero attached hydrogens (tertiary/aromatic N) is 3. The molecule has 0 amide bonds. The van der Waals surface area contributed by atoms with Gasteiger partial charge in [0, 0.05) is 12.1 Å². The van der Waals surface area contributed by atoms with Crippen molar-refractivity contribution in [1.82, 2.24) is 20.2 Å². The number of ether oxygens (including phenoxy) is 1. The van der Waals surface area contributed by atoms with Gasteiger partial charge in [-0.25, -0.2) is 4.98 Å². The number of ketones is 1. The van der Waals surface area contributed by atoms with E-state index in [9.17, 15) is 4.79 Å². The summed E-state index contributed by atoms with van der Waals surface area (Å²) >= 11 is 0. The zero-order valence-electron chi connectivity index (χ0n) is 14.1. The van der Waals surface area contributed by atoms with Crippen LogP contribution in [-0.2, 0) is 22.6 Å². The Bertz CT molecular complexity index is 803. The van der Waals surface area contributed by atoms with Gasteiger partial charge in [0.2, 0.25) is 0 Å². The van der Waals surface area contributed by atoms with Crippen molar-refractivity contribution < 1.29 is 9.53 Å². The molecule has 0 aliphatic heterocycles. The third-order valence-electron chi connectivity index (χ3n) is 3.80. The summed E-state index contributed by atoms with van der Waals surface area (Å²) in [7, 11) is 0. The Labute approximate surface area is 146 Å². The van der Waals surface area contributed by atoms with Crippen LogP contribution in [0.2, 0.25) is 0 Å². The minimum atomic E-state index is -0.202. The number of aromatic nitrogens is 4. The van der Waals surface area contributed by atoms with Crippen molar-refractivity contribution in [1.29, 1.82) is 0 Å². The zero-order valence-corrected chi connectivity index (χ0v) is 14.1. The second-order valence-electron chi connectivity index (χ2n) is 5.87. The first-order valence-electron chi connectivity index (χ1n) is 8.19. The largest absolute Gasteiger partial charge is 0.376 e. The van der Waals surface area contributed by atoms with Gasteiger partial charge in [-0.15, -0.1) is 0 Å². The summed E-state index contributed by atoms with van der Waals surface area (Å²) in [6, 6.07) is 15.4. The number of hydrogen-bond donors (Lipinski definition) is 1. The number of aromatic amines is 1. The van der Waals surface area contributed by atoms with Crippen LogP contribution in [0.5, 0.6) is 0 Å². The first-order valence-corrected chi connectivity index (χ1v) is 8.19. The van der Waals surface area contributed by atoms with E-state index in [0.717, 1.165) is 5.56 Å². The molecule has 0 fully saturated rings. The van der Waals surface area contributed by atoms with Crippen LogP contribution in [0.1, 0.15) is 18.3 Å². The number of Topliss-reactive ketones (excluding diaryl/α,β-unsaturated/α-hetero) is 1. The van der Waals surface area contributed by atoms with Gasteiger partial charge in [-0.3, -0.25) is 14.9 Å². The molecule has 128 valence electrons. The molecule has 1 unspecified atom stereocenters. The highest BCUT2D eigenvalue weighted by atomic mass is 16.5. The van der Waals surface area contributed by atoms with Gasteiger partial charge < -0.3 is 4.74 Å². The van der Waals surface area contributed by atoms with Gasteiger partial charge in [0.15, 0.2) is 5.82 Å². The molecule has 2 heterocycles. The maximum absolute atomic E-state index is 12.3. The summed E-state index contributed by atoms with van der Waals surface area (Å²) in [5.74, 6) is 0.904. The van der Waals surface area contributed by atoms with Crippen molar-refractivity contribution in [2.75, 3.05) is 6.61 Å². The molecule has 0 spiro atoms. The highest BCUT2D eigenvalue weighted by Crippen LogP contribution is 2.12. The molecule has 6 heteroatoms. The van der Waals surface area contributed by atoms with E-state index >= 15 is 0 Å². The average Bonchev–Trinajstić information content (AvgIpc) is 3.12. The van der Waals surface area contributed by atoms with Crippen LogP contribution in [0.4, 0.5) is 0 Å². The molecule has 0 bridgehead atoms. The summed E-state index contributed by atoms with van der Waals surface area (Å²) in [6.45, 7) is 2.75. The number of hydrogen-bond acceptors (Lipinski definition) is 5. The van der Waals surface area contributed by atoms with Crippen molar-refractivity contribution in [3.63, 3.8) is 0 Å². The first-order chi connectivity index (χ1) is 12.2. The number of pyridine rings is 1. The maximum atomic E-state index is 12.3. The number of carbonyl (C=O) groups excluding carboxylic acids is 1. The molecule has 6 nitrogen and oxygen atoms in total. The molecule has 3 rings (SSSR count). The monoisotopic (exact) mass is 336 g/mol. The van der Waals surface area contributed by atoms with Gasteiger partial charge in [-0.2, -0.15) is 5.10 Å². The highest BCUT2D eigenvalue weighted by molar-refractivity contribution is 5.82. The summed E-state index contributed by atoms with van der Waals surface area (Å²) in [5.41, 5.74) is 1.77. The van der Waals surface area contributed by atoms with Gasteiger partial charge in [0.05, 0.1) is 19.6 Å². The van der Waals surface area contributed by atoms with Crippen LogP contribution >= 0.6 is 0 Å². The number of carbonyl (C=O) groups is 1. The maximum Gasteiger partial charge on any atom is 0.199 e.